The van der Waals surface area contributed by atoms with Crippen LogP contribution in [0, 0.1) is 6.92 Å². The number of aryl methyl sites for hydroxylation is 1. The van der Waals surface area contributed by atoms with Crippen molar-refractivity contribution >= 4 is 23.4 Å². The summed E-state index contributed by atoms with van der Waals surface area (Å²) in [6.07, 6.45) is 1.85. The van der Waals surface area contributed by atoms with Crippen LogP contribution in [0.4, 0.5) is 0 Å². The van der Waals surface area contributed by atoms with E-state index in [1.165, 1.54) is 11.3 Å². The fourth-order valence-corrected chi connectivity index (χ4v) is 5.05. The zero-order chi connectivity index (χ0) is 23.1. The molecule has 3 aromatic rings. The Balaban J connectivity index is 1.72. The Hall–Kier alpha value is -3.65. The van der Waals surface area contributed by atoms with Gasteiger partial charge >= 0.3 is 5.97 Å². The summed E-state index contributed by atoms with van der Waals surface area (Å²) >= 11 is 1.30. The zero-order valence-electron chi connectivity index (χ0n) is 18.5. The first-order chi connectivity index (χ1) is 16.0. The van der Waals surface area contributed by atoms with Gasteiger partial charge in [0.1, 0.15) is 0 Å². The minimum absolute atomic E-state index is 0.137. The summed E-state index contributed by atoms with van der Waals surface area (Å²) in [6, 6.07) is 12.7. The van der Waals surface area contributed by atoms with Crippen molar-refractivity contribution in [3.63, 3.8) is 0 Å². The fourth-order valence-electron chi connectivity index (χ4n) is 4.00. The lowest BCUT2D eigenvalue weighted by Gasteiger charge is -2.24. The number of esters is 1. The molecule has 33 heavy (non-hydrogen) atoms. The summed E-state index contributed by atoms with van der Waals surface area (Å²) in [7, 11) is 0. The van der Waals surface area contributed by atoms with Crippen LogP contribution in [0.15, 0.2) is 63.5 Å². The van der Waals surface area contributed by atoms with Gasteiger partial charge in [-0.3, -0.25) is 9.36 Å². The lowest BCUT2D eigenvalue weighted by molar-refractivity contribution is -0.139. The molecule has 0 aliphatic carbocycles. The van der Waals surface area contributed by atoms with Gasteiger partial charge in [-0.1, -0.05) is 47.2 Å². The van der Waals surface area contributed by atoms with Crippen molar-refractivity contribution in [3.05, 3.63) is 90.1 Å². The maximum atomic E-state index is 13.6. The number of hydrogen-bond donors (Lipinski definition) is 0. The average Bonchev–Trinajstić information content (AvgIpc) is 3.38. The number of ether oxygens (including phenoxy) is 3. The third kappa shape index (κ3) is 3.76. The number of rotatable bonds is 4. The molecule has 2 aliphatic heterocycles. The number of thiazole rings is 1. The van der Waals surface area contributed by atoms with Gasteiger partial charge in [-0.25, -0.2) is 9.79 Å². The van der Waals surface area contributed by atoms with Crippen LogP contribution >= 0.6 is 11.3 Å². The number of nitrogens with zero attached hydrogens (tertiary/aromatic N) is 2. The molecule has 0 saturated carbocycles. The van der Waals surface area contributed by atoms with Crippen molar-refractivity contribution in [2.75, 3.05) is 13.4 Å². The molecule has 2 aromatic carbocycles. The van der Waals surface area contributed by atoms with Crippen LogP contribution in [0.1, 0.15) is 36.6 Å². The molecule has 0 unspecified atom stereocenters. The van der Waals surface area contributed by atoms with E-state index < -0.39 is 12.0 Å². The first kappa shape index (κ1) is 21.2. The van der Waals surface area contributed by atoms with Gasteiger partial charge in [-0.15, -0.1) is 0 Å². The normalized spacial score (nSPS) is 17.1. The van der Waals surface area contributed by atoms with E-state index in [9.17, 15) is 9.59 Å². The molecule has 1 atom stereocenters. The highest BCUT2D eigenvalue weighted by atomic mass is 32.1. The van der Waals surface area contributed by atoms with Crippen molar-refractivity contribution in [1.29, 1.82) is 0 Å². The van der Waals surface area contributed by atoms with Gasteiger partial charge in [0.25, 0.3) is 5.56 Å². The van der Waals surface area contributed by atoms with E-state index in [-0.39, 0.29) is 19.0 Å². The first-order valence-corrected chi connectivity index (χ1v) is 11.4. The van der Waals surface area contributed by atoms with E-state index in [4.69, 9.17) is 14.2 Å². The Morgan fingerprint density at radius 3 is 2.70 bits per heavy atom. The molecule has 1 aromatic heterocycles. The second-order valence-electron chi connectivity index (χ2n) is 7.83. The van der Waals surface area contributed by atoms with E-state index in [1.54, 1.807) is 24.5 Å². The molecule has 0 radical (unpaired) electrons. The maximum absolute atomic E-state index is 13.6. The third-order valence-electron chi connectivity index (χ3n) is 5.60. The summed E-state index contributed by atoms with van der Waals surface area (Å²) in [5.74, 6) is 0.713. The van der Waals surface area contributed by atoms with Crippen molar-refractivity contribution in [3.8, 4) is 11.5 Å². The molecule has 8 heteroatoms. The van der Waals surface area contributed by atoms with Gasteiger partial charge in [0.2, 0.25) is 6.79 Å². The molecule has 7 nitrogen and oxygen atoms in total. The molecule has 3 heterocycles. The van der Waals surface area contributed by atoms with Gasteiger partial charge in [-0.2, -0.15) is 0 Å². The summed E-state index contributed by atoms with van der Waals surface area (Å²) in [6.45, 7) is 5.89. The van der Waals surface area contributed by atoms with E-state index in [0.717, 1.165) is 16.7 Å². The van der Waals surface area contributed by atoms with E-state index >= 15 is 0 Å². The highest BCUT2D eigenvalue weighted by Gasteiger charge is 2.34. The second kappa shape index (κ2) is 8.37. The van der Waals surface area contributed by atoms with Crippen molar-refractivity contribution in [2.24, 2.45) is 4.99 Å². The topological polar surface area (TPSA) is 79.1 Å². The molecular formula is C25H22N2O5S. The fraction of sp³-hybridized carbons (Fsp3) is 0.240. The molecule has 0 spiro atoms. The largest absolute Gasteiger partial charge is 0.463 e. The molecule has 5 rings (SSSR count). The quantitative estimate of drug-likeness (QED) is 0.557. The molecule has 0 N–H and O–H groups in total. The van der Waals surface area contributed by atoms with Gasteiger partial charge in [-0.05, 0) is 50.1 Å². The Kier molecular flexibility index (Phi) is 5.38. The van der Waals surface area contributed by atoms with Crippen molar-refractivity contribution < 1.29 is 19.0 Å². The van der Waals surface area contributed by atoms with Gasteiger partial charge in [0.15, 0.2) is 16.3 Å². The monoisotopic (exact) mass is 462 g/mol. The summed E-state index contributed by atoms with van der Waals surface area (Å²) < 4.78 is 18.4. The molecule has 0 amide bonds. The number of carbonyl (C=O) groups is 1. The SMILES string of the molecule is CCOC(=O)C1=C(C)N=c2s/c(=C/c3ccc(C)cc3)c(=O)n2[C@H]1c1ccc2c(c1)OCO2. The van der Waals surface area contributed by atoms with Gasteiger partial charge in [0.05, 0.1) is 28.5 Å². The molecule has 0 bridgehead atoms. The summed E-state index contributed by atoms with van der Waals surface area (Å²) in [4.78, 5) is 31.7. The van der Waals surface area contributed by atoms with Crippen LogP contribution in [-0.4, -0.2) is 23.9 Å². The van der Waals surface area contributed by atoms with Crippen LogP contribution in [-0.2, 0) is 9.53 Å². The number of aromatic nitrogens is 1. The zero-order valence-corrected chi connectivity index (χ0v) is 19.3. The van der Waals surface area contributed by atoms with Gasteiger partial charge < -0.3 is 14.2 Å². The van der Waals surface area contributed by atoms with E-state index in [0.29, 0.717) is 32.1 Å². The number of carbonyl (C=O) groups excluding carboxylic acids is 1. The van der Waals surface area contributed by atoms with Crippen LogP contribution in [0.2, 0.25) is 0 Å². The number of hydrogen-bond acceptors (Lipinski definition) is 7. The maximum Gasteiger partial charge on any atom is 0.338 e. The minimum Gasteiger partial charge on any atom is -0.463 e. The predicted molar refractivity (Wildman–Crippen MR) is 124 cm³/mol. The Labute approximate surface area is 193 Å². The smallest absolute Gasteiger partial charge is 0.338 e. The second-order valence-corrected chi connectivity index (χ2v) is 8.83. The summed E-state index contributed by atoms with van der Waals surface area (Å²) in [5, 5.41) is 0. The van der Waals surface area contributed by atoms with Crippen LogP contribution in [0.5, 0.6) is 11.5 Å². The number of benzene rings is 2. The number of allylic oxidation sites excluding steroid dienone is 1. The van der Waals surface area contributed by atoms with Gasteiger partial charge in [0, 0.05) is 0 Å². The van der Waals surface area contributed by atoms with Crippen LogP contribution in [0.25, 0.3) is 6.08 Å². The lowest BCUT2D eigenvalue weighted by atomic mass is 9.95. The Bertz CT molecular complexity index is 1460. The molecular weight excluding hydrogens is 440 g/mol. The van der Waals surface area contributed by atoms with E-state index in [2.05, 4.69) is 4.99 Å². The average molecular weight is 463 g/mol. The van der Waals surface area contributed by atoms with E-state index in [1.807, 2.05) is 49.4 Å². The van der Waals surface area contributed by atoms with Crippen LogP contribution in [0.3, 0.4) is 0 Å². The highest BCUT2D eigenvalue weighted by Crippen LogP contribution is 2.38. The van der Waals surface area contributed by atoms with Crippen LogP contribution < -0.4 is 24.4 Å². The standard InChI is InChI=1S/C25H22N2O5S/c1-4-30-24(29)21-15(3)26-25-27(22(21)17-9-10-18-19(12-17)32-13-31-18)23(28)20(33-25)11-16-7-5-14(2)6-8-16/h5-12,22H,4,13H2,1-3H3/b20-11+/t22-/m0/s1. The Morgan fingerprint density at radius 1 is 1.18 bits per heavy atom. The molecule has 0 saturated heterocycles. The molecule has 0 fully saturated rings. The molecule has 168 valence electrons. The third-order valence-corrected chi connectivity index (χ3v) is 6.59. The summed E-state index contributed by atoms with van der Waals surface area (Å²) in [5.41, 5.74) is 3.44. The van der Waals surface area contributed by atoms with Crippen molar-refractivity contribution in [2.45, 2.75) is 26.8 Å². The highest BCUT2D eigenvalue weighted by molar-refractivity contribution is 7.07. The number of fused-ring (bicyclic) bond motifs is 2. The predicted octanol–water partition coefficient (Wildman–Crippen LogP) is 2.84. The first-order valence-electron chi connectivity index (χ1n) is 10.6. The van der Waals surface area contributed by atoms with Crippen molar-refractivity contribution in [1.82, 2.24) is 4.57 Å². The minimum atomic E-state index is -0.685. The lowest BCUT2D eigenvalue weighted by Crippen LogP contribution is -2.39. The Morgan fingerprint density at radius 2 is 1.94 bits per heavy atom. The molecule has 2 aliphatic rings.